The number of benzene rings is 4. The molecule has 1 aliphatic heterocycles. The summed E-state index contributed by atoms with van der Waals surface area (Å²) in [5, 5.41) is 6.74. The Morgan fingerprint density at radius 3 is 2.32 bits per heavy atom. The highest BCUT2D eigenvalue weighted by Gasteiger charge is 2.36. The zero-order valence-electron chi connectivity index (χ0n) is 21.7. The van der Waals surface area contributed by atoms with Gasteiger partial charge in [0.15, 0.2) is 0 Å². The number of methoxy groups -OCH3 is 1. The molecule has 1 saturated heterocycles. The SMILES string of the molecule is COc1ccc2nc3cc(Cl)ccc3c(NCC3(c4ccccc4)CCN(Cc4ccccc4)CC3)c2c1. The van der Waals surface area contributed by atoms with E-state index in [-0.39, 0.29) is 5.41 Å². The Morgan fingerprint density at radius 2 is 1.58 bits per heavy atom. The molecule has 4 aromatic carbocycles. The highest BCUT2D eigenvalue weighted by atomic mass is 35.5. The van der Waals surface area contributed by atoms with Crippen molar-refractivity contribution >= 4 is 39.1 Å². The van der Waals surface area contributed by atoms with Crippen LogP contribution >= 0.6 is 11.6 Å². The summed E-state index contributed by atoms with van der Waals surface area (Å²) in [5.41, 5.74) is 5.71. The number of pyridine rings is 1. The number of ether oxygens (including phenoxy) is 1. The van der Waals surface area contributed by atoms with Crippen LogP contribution < -0.4 is 10.1 Å². The third-order valence-electron chi connectivity index (χ3n) is 7.99. The molecule has 0 amide bonds. The zero-order valence-corrected chi connectivity index (χ0v) is 22.4. The Hall–Kier alpha value is -3.60. The van der Waals surface area contributed by atoms with Crippen molar-refractivity contribution in [3.8, 4) is 5.75 Å². The van der Waals surface area contributed by atoms with E-state index in [4.69, 9.17) is 21.3 Å². The van der Waals surface area contributed by atoms with Crippen LogP contribution in [0.5, 0.6) is 5.75 Å². The highest BCUT2D eigenvalue weighted by molar-refractivity contribution is 6.31. The van der Waals surface area contributed by atoms with Crippen molar-refractivity contribution in [3.05, 3.63) is 113 Å². The van der Waals surface area contributed by atoms with Gasteiger partial charge in [0, 0.05) is 34.3 Å². The number of piperidine rings is 1. The molecule has 1 aromatic heterocycles. The van der Waals surface area contributed by atoms with Gasteiger partial charge in [-0.2, -0.15) is 0 Å². The van der Waals surface area contributed by atoms with Gasteiger partial charge in [0.2, 0.25) is 0 Å². The van der Waals surface area contributed by atoms with Crippen LogP contribution in [0.15, 0.2) is 97.1 Å². The molecule has 0 unspecified atom stereocenters. The first-order valence-corrected chi connectivity index (χ1v) is 13.6. The van der Waals surface area contributed by atoms with Gasteiger partial charge in [0.05, 0.1) is 23.8 Å². The van der Waals surface area contributed by atoms with Crippen LogP contribution in [0.4, 0.5) is 5.69 Å². The molecule has 38 heavy (non-hydrogen) atoms. The van der Waals surface area contributed by atoms with Gasteiger partial charge in [0.1, 0.15) is 5.75 Å². The van der Waals surface area contributed by atoms with Crippen molar-refractivity contribution < 1.29 is 4.74 Å². The number of fused-ring (bicyclic) bond motifs is 2. The van der Waals surface area contributed by atoms with Gasteiger partial charge in [-0.05, 0) is 73.5 Å². The molecule has 0 spiro atoms. The number of likely N-dealkylation sites (tertiary alicyclic amines) is 1. The number of hydrogen-bond donors (Lipinski definition) is 1. The zero-order chi connectivity index (χ0) is 26.0. The van der Waals surface area contributed by atoms with E-state index in [9.17, 15) is 0 Å². The van der Waals surface area contributed by atoms with Gasteiger partial charge >= 0.3 is 0 Å². The third-order valence-corrected chi connectivity index (χ3v) is 8.23. The molecular formula is C33H32ClN3O. The summed E-state index contributed by atoms with van der Waals surface area (Å²) in [5.74, 6) is 0.822. The highest BCUT2D eigenvalue weighted by Crippen LogP contribution is 2.39. The first kappa shape index (κ1) is 24.7. The molecule has 1 aliphatic rings. The summed E-state index contributed by atoms with van der Waals surface area (Å²) >= 11 is 6.36. The summed E-state index contributed by atoms with van der Waals surface area (Å²) in [6, 6.07) is 33.8. The van der Waals surface area contributed by atoms with Crippen LogP contribution in [-0.4, -0.2) is 36.6 Å². The van der Waals surface area contributed by atoms with E-state index in [2.05, 4.69) is 83.0 Å². The average Bonchev–Trinajstić information content (AvgIpc) is 2.97. The van der Waals surface area contributed by atoms with Crippen molar-refractivity contribution in [2.24, 2.45) is 0 Å². The standard InChI is InChI=1S/C33H32ClN3O/c1-38-27-13-15-30-29(21-27)32(28-14-12-26(34)20-31(28)36-30)35-23-33(25-10-6-3-7-11-25)16-18-37(19-17-33)22-24-8-4-2-5-9-24/h2-15,20-21H,16-19,22-23H2,1H3,(H,35,36). The van der Waals surface area contributed by atoms with E-state index in [1.807, 2.05) is 24.3 Å². The summed E-state index contributed by atoms with van der Waals surface area (Å²) in [7, 11) is 1.70. The Kier molecular flexibility index (Phi) is 6.92. The molecule has 192 valence electrons. The van der Waals surface area contributed by atoms with E-state index < -0.39 is 0 Å². The lowest BCUT2D eigenvalue weighted by Crippen LogP contribution is -2.46. The molecule has 1 N–H and O–H groups in total. The molecule has 0 saturated carbocycles. The summed E-state index contributed by atoms with van der Waals surface area (Å²) in [4.78, 5) is 7.49. The maximum absolute atomic E-state index is 6.36. The van der Waals surface area contributed by atoms with Gasteiger partial charge in [-0.15, -0.1) is 0 Å². The van der Waals surface area contributed by atoms with Crippen molar-refractivity contribution in [1.82, 2.24) is 9.88 Å². The number of nitrogens with zero attached hydrogens (tertiary/aromatic N) is 2. The number of rotatable bonds is 7. The minimum atomic E-state index is 0.0294. The van der Waals surface area contributed by atoms with Gasteiger partial charge in [-0.1, -0.05) is 72.3 Å². The Bertz CT molecular complexity index is 1550. The van der Waals surface area contributed by atoms with Gasteiger partial charge in [-0.3, -0.25) is 4.90 Å². The normalized spacial score (nSPS) is 15.5. The van der Waals surface area contributed by atoms with E-state index in [1.165, 1.54) is 11.1 Å². The molecular weight excluding hydrogens is 490 g/mol. The number of anilines is 1. The van der Waals surface area contributed by atoms with Crippen LogP contribution in [0.3, 0.4) is 0 Å². The molecule has 0 atom stereocenters. The smallest absolute Gasteiger partial charge is 0.119 e. The molecule has 1 fully saturated rings. The molecule has 2 heterocycles. The average molecular weight is 522 g/mol. The lowest BCUT2D eigenvalue weighted by molar-refractivity contribution is 0.158. The topological polar surface area (TPSA) is 37.4 Å². The molecule has 5 aromatic rings. The summed E-state index contributed by atoms with van der Waals surface area (Å²) < 4.78 is 5.57. The van der Waals surface area contributed by atoms with E-state index in [1.54, 1.807) is 7.11 Å². The van der Waals surface area contributed by atoms with Crippen molar-refractivity contribution in [2.75, 3.05) is 32.1 Å². The van der Waals surface area contributed by atoms with Gasteiger partial charge in [0.25, 0.3) is 0 Å². The molecule has 0 bridgehead atoms. The van der Waals surface area contributed by atoms with Gasteiger partial charge < -0.3 is 10.1 Å². The van der Waals surface area contributed by atoms with E-state index >= 15 is 0 Å². The second kappa shape index (κ2) is 10.6. The van der Waals surface area contributed by atoms with E-state index in [0.29, 0.717) is 5.02 Å². The number of aromatic nitrogens is 1. The minimum Gasteiger partial charge on any atom is -0.497 e. The maximum Gasteiger partial charge on any atom is 0.119 e. The second-order valence-corrected chi connectivity index (χ2v) is 10.7. The molecule has 4 nitrogen and oxygen atoms in total. The predicted octanol–water partition coefficient (Wildman–Crippen LogP) is 7.70. The Labute approximate surface area is 229 Å². The Balaban J connectivity index is 1.34. The first-order valence-electron chi connectivity index (χ1n) is 13.3. The third kappa shape index (κ3) is 4.94. The van der Waals surface area contributed by atoms with Crippen molar-refractivity contribution in [2.45, 2.75) is 24.8 Å². The fourth-order valence-corrected chi connectivity index (χ4v) is 5.98. The molecule has 0 aliphatic carbocycles. The minimum absolute atomic E-state index is 0.0294. The fourth-order valence-electron chi connectivity index (χ4n) is 5.81. The molecule has 6 rings (SSSR count). The van der Waals surface area contributed by atoms with Crippen LogP contribution in [0.1, 0.15) is 24.0 Å². The van der Waals surface area contributed by atoms with Crippen LogP contribution in [-0.2, 0) is 12.0 Å². The molecule has 5 heteroatoms. The summed E-state index contributed by atoms with van der Waals surface area (Å²) in [6.07, 6.45) is 2.18. The van der Waals surface area contributed by atoms with Crippen molar-refractivity contribution in [1.29, 1.82) is 0 Å². The first-order chi connectivity index (χ1) is 18.6. The predicted molar refractivity (Wildman–Crippen MR) is 158 cm³/mol. The second-order valence-electron chi connectivity index (χ2n) is 10.3. The Morgan fingerprint density at radius 1 is 0.842 bits per heavy atom. The number of nitrogens with one attached hydrogen (secondary N) is 1. The van der Waals surface area contributed by atoms with Crippen molar-refractivity contribution in [3.63, 3.8) is 0 Å². The lowest BCUT2D eigenvalue weighted by Gasteiger charge is -2.43. The monoisotopic (exact) mass is 521 g/mol. The summed E-state index contributed by atoms with van der Waals surface area (Å²) in [6.45, 7) is 3.96. The lowest BCUT2D eigenvalue weighted by atomic mass is 9.72. The van der Waals surface area contributed by atoms with Crippen LogP contribution in [0.25, 0.3) is 21.8 Å². The maximum atomic E-state index is 6.36. The number of hydrogen-bond acceptors (Lipinski definition) is 4. The van der Waals surface area contributed by atoms with Gasteiger partial charge in [-0.25, -0.2) is 4.98 Å². The fraction of sp³-hybridized carbons (Fsp3) is 0.242. The van der Waals surface area contributed by atoms with Crippen LogP contribution in [0.2, 0.25) is 5.02 Å². The molecule has 0 radical (unpaired) electrons. The quantitative estimate of drug-likeness (QED) is 0.223. The number of halogens is 1. The van der Waals surface area contributed by atoms with E-state index in [0.717, 1.165) is 72.3 Å². The van der Waals surface area contributed by atoms with Crippen LogP contribution in [0, 0.1) is 0 Å². The largest absolute Gasteiger partial charge is 0.497 e.